The van der Waals surface area contributed by atoms with Gasteiger partial charge in [-0.3, -0.25) is 4.79 Å². The highest BCUT2D eigenvalue weighted by molar-refractivity contribution is 5.85. The standard InChI is InChI=1S/C18H28N2O2.ClH/c1-12(2)14-6-5-7-16(10-14)22-13(3)17(21)20-18(4,11-19)15-8-9-15;/h5-7,10,12-13,15H,8-9,11,19H2,1-4H3,(H,20,21);1H. The molecule has 0 aliphatic heterocycles. The zero-order valence-electron chi connectivity index (χ0n) is 14.5. The third kappa shape index (κ3) is 5.11. The van der Waals surface area contributed by atoms with Crippen molar-refractivity contribution in [2.75, 3.05) is 6.54 Å². The Hall–Kier alpha value is -1.26. The lowest BCUT2D eigenvalue weighted by Gasteiger charge is -2.31. The van der Waals surface area contributed by atoms with Crippen molar-refractivity contribution >= 4 is 18.3 Å². The van der Waals surface area contributed by atoms with Gasteiger partial charge in [0.25, 0.3) is 5.91 Å². The first kappa shape index (κ1) is 19.8. The normalized spacial score (nSPS) is 17.8. The largest absolute Gasteiger partial charge is 0.481 e. The number of halogens is 1. The molecule has 23 heavy (non-hydrogen) atoms. The third-order valence-corrected chi connectivity index (χ3v) is 4.52. The fraction of sp³-hybridized carbons (Fsp3) is 0.611. The average Bonchev–Trinajstić information content (AvgIpc) is 3.32. The first-order valence-corrected chi connectivity index (χ1v) is 8.14. The molecule has 1 aromatic carbocycles. The van der Waals surface area contributed by atoms with Gasteiger partial charge in [0.1, 0.15) is 5.75 Å². The Balaban J connectivity index is 0.00000264. The van der Waals surface area contributed by atoms with Crippen molar-refractivity contribution in [3.8, 4) is 5.75 Å². The van der Waals surface area contributed by atoms with Crippen LogP contribution in [-0.4, -0.2) is 24.1 Å². The number of ether oxygens (including phenoxy) is 1. The van der Waals surface area contributed by atoms with Crippen molar-refractivity contribution in [1.82, 2.24) is 5.32 Å². The van der Waals surface area contributed by atoms with E-state index < -0.39 is 6.10 Å². The van der Waals surface area contributed by atoms with E-state index in [1.165, 1.54) is 5.56 Å². The highest BCUT2D eigenvalue weighted by Gasteiger charge is 2.42. The molecule has 0 spiro atoms. The number of nitrogens with one attached hydrogen (secondary N) is 1. The lowest BCUT2D eigenvalue weighted by molar-refractivity contribution is -0.129. The number of hydrogen-bond donors (Lipinski definition) is 2. The fourth-order valence-corrected chi connectivity index (χ4v) is 2.63. The second-order valence-corrected chi connectivity index (χ2v) is 6.87. The van der Waals surface area contributed by atoms with Crippen LogP contribution in [0.2, 0.25) is 0 Å². The molecule has 2 rings (SSSR count). The number of carbonyl (C=O) groups is 1. The van der Waals surface area contributed by atoms with Gasteiger partial charge in [-0.05, 0) is 56.2 Å². The molecule has 2 atom stereocenters. The third-order valence-electron chi connectivity index (χ3n) is 4.52. The van der Waals surface area contributed by atoms with Crippen molar-refractivity contribution < 1.29 is 9.53 Å². The number of benzene rings is 1. The van der Waals surface area contributed by atoms with Crippen molar-refractivity contribution in [3.63, 3.8) is 0 Å². The summed E-state index contributed by atoms with van der Waals surface area (Å²) in [5, 5.41) is 3.07. The zero-order valence-corrected chi connectivity index (χ0v) is 15.3. The quantitative estimate of drug-likeness (QED) is 0.800. The van der Waals surface area contributed by atoms with E-state index in [-0.39, 0.29) is 23.9 Å². The van der Waals surface area contributed by atoms with Gasteiger partial charge < -0.3 is 15.8 Å². The molecule has 0 aromatic heterocycles. The van der Waals surface area contributed by atoms with E-state index in [4.69, 9.17) is 10.5 Å². The number of amides is 1. The van der Waals surface area contributed by atoms with E-state index in [0.717, 1.165) is 18.6 Å². The van der Waals surface area contributed by atoms with E-state index >= 15 is 0 Å². The lowest BCUT2D eigenvalue weighted by Crippen LogP contribution is -2.56. The Bertz CT molecular complexity index is 532. The Labute approximate surface area is 145 Å². The molecule has 0 radical (unpaired) electrons. The molecule has 130 valence electrons. The molecule has 2 unspecified atom stereocenters. The van der Waals surface area contributed by atoms with Gasteiger partial charge in [0.05, 0.1) is 5.54 Å². The summed E-state index contributed by atoms with van der Waals surface area (Å²) in [6.45, 7) is 8.53. The van der Waals surface area contributed by atoms with Crippen LogP contribution in [0.1, 0.15) is 52.0 Å². The summed E-state index contributed by atoms with van der Waals surface area (Å²) in [7, 11) is 0. The van der Waals surface area contributed by atoms with Gasteiger partial charge in [-0.2, -0.15) is 0 Å². The first-order valence-electron chi connectivity index (χ1n) is 8.14. The van der Waals surface area contributed by atoms with Gasteiger partial charge in [-0.1, -0.05) is 26.0 Å². The molecule has 3 N–H and O–H groups in total. The molecule has 1 aliphatic rings. The minimum Gasteiger partial charge on any atom is -0.481 e. The molecular formula is C18H29ClN2O2. The second-order valence-electron chi connectivity index (χ2n) is 6.87. The summed E-state index contributed by atoms with van der Waals surface area (Å²) in [6.07, 6.45) is 1.74. The minimum atomic E-state index is -0.535. The van der Waals surface area contributed by atoms with Gasteiger partial charge in [0.15, 0.2) is 6.10 Å². The summed E-state index contributed by atoms with van der Waals surface area (Å²) < 4.78 is 5.80. The predicted octanol–water partition coefficient (Wildman–Crippen LogP) is 3.24. The van der Waals surface area contributed by atoms with Gasteiger partial charge in [0, 0.05) is 6.54 Å². The van der Waals surface area contributed by atoms with Crippen LogP contribution in [0.3, 0.4) is 0 Å². The molecule has 0 bridgehead atoms. The lowest BCUT2D eigenvalue weighted by atomic mass is 9.95. The SMILES string of the molecule is CC(Oc1cccc(C(C)C)c1)C(=O)NC(C)(CN)C1CC1.Cl. The van der Waals surface area contributed by atoms with Crippen LogP contribution >= 0.6 is 12.4 Å². The van der Waals surface area contributed by atoms with Gasteiger partial charge in [0.2, 0.25) is 0 Å². The molecule has 0 saturated heterocycles. The summed E-state index contributed by atoms with van der Waals surface area (Å²) in [5.74, 6) is 1.56. The van der Waals surface area contributed by atoms with Gasteiger partial charge in [-0.25, -0.2) is 0 Å². The molecule has 5 heteroatoms. The molecule has 4 nitrogen and oxygen atoms in total. The second kappa shape index (κ2) is 8.02. The summed E-state index contributed by atoms with van der Waals surface area (Å²) >= 11 is 0. The number of carbonyl (C=O) groups excluding carboxylic acids is 1. The molecule has 1 aliphatic carbocycles. The highest BCUT2D eigenvalue weighted by atomic mass is 35.5. The van der Waals surface area contributed by atoms with E-state index in [2.05, 4.69) is 25.2 Å². The number of hydrogen-bond acceptors (Lipinski definition) is 3. The smallest absolute Gasteiger partial charge is 0.261 e. The maximum atomic E-state index is 12.4. The van der Waals surface area contributed by atoms with Crippen LogP contribution in [0.25, 0.3) is 0 Å². The topological polar surface area (TPSA) is 64.3 Å². The van der Waals surface area contributed by atoms with Crippen molar-refractivity contribution in [2.45, 2.75) is 58.1 Å². The summed E-state index contributed by atoms with van der Waals surface area (Å²) in [4.78, 5) is 12.4. The van der Waals surface area contributed by atoms with E-state index in [1.807, 2.05) is 25.1 Å². The van der Waals surface area contributed by atoms with E-state index in [9.17, 15) is 4.79 Å². The Kier molecular flexibility index (Phi) is 6.90. The minimum absolute atomic E-state index is 0. The van der Waals surface area contributed by atoms with Crippen molar-refractivity contribution in [1.29, 1.82) is 0 Å². The average molecular weight is 341 g/mol. The van der Waals surface area contributed by atoms with Crippen LogP contribution in [0.4, 0.5) is 0 Å². The van der Waals surface area contributed by atoms with E-state index in [0.29, 0.717) is 18.4 Å². The van der Waals surface area contributed by atoms with Gasteiger partial charge >= 0.3 is 0 Å². The van der Waals surface area contributed by atoms with Crippen LogP contribution in [0.15, 0.2) is 24.3 Å². The number of rotatable bonds is 7. The first-order chi connectivity index (χ1) is 10.4. The fourth-order valence-electron chi connectivity index (χ4n) is 2.63. The number of nitrogens with two attached hydrogens (primary N) is 1. The molecule has 0 heterocycles. The monoisotopic (exact) mass is 340 g/mol. The zero-order chi connectivity index (χ0) is 16.3. The van der Waals surface area contributed by atoms with Crippen LogP contribution in [0.5, 0.6) is 5.75 Å². The Morgan fingerprint density at radius 2 is 2.04 bits per heavy atom. The molecule has 1 amide bonds. The predicted molar refractivity (Wildman–Crippen MR) is 96.2 cm³/mol. The molecular weight excluding hydrogens is 312 g/mol. The summed E-state index contributed by atoms with van der Waals surface area (Å²) in [5.41, 5.74) is 6.74. The highest BCUT2D eigenvalue weighted by Crippen LogP contribution is 2.39. The van der Waals surface area contributed by atoms with E-state index in [1.54, 1.807) is 6.92 Å². The van der Waals surface area contributed by atoms with Crippen LogP contribution < -0.4 is 15.8 Å². The van der Waals surface area contributed by atoms with Crippen LogP contribution in [0, 0.1) is 5.92 Å². The Morgan fingerprint density at radius 1 is 1.39 bits per heavy atom. The maximum Gasteiger partial charge on any atom is 0.261 e. The molecule has 1 aromatic rings. The van der Waals surface area contributed by atoms with Crippen molar-refractivity contribution in [3.05, 3.63) is 29.8 Å². The molecule has 1 fully saturated rings. The Morgan fingerprint density at radius 3 is 2.57 bits per heavy atom. The summed E-state index contributed by atoms with van der Waals surface area (Å²) in [6, 6.07) is 7.92. The van der Waals surface area contributed by atoms with Crippen LogP contribution in [-0.2, 0) is 4.79 Å². The molecule has 1 saturated carbocycles. The maximum absolute atomic E-state index is 12.4. The van der Waals surface area contributed by atoms with Crippen molar-refractivity contribution in [2.24, 2.45) is 11.7 Å². The van der Waals surface area contributed by atoms with Gasteiger partial charge in [-0.15, -0.1) is 12.4 Å².